The number of hydrogen-bond acceptors (Lipinski definition) is 32. The van der Waals surface area contributed by atoms with Crippen LogP contribution in [0.4, 0.5) is 23.3 Å². The third-order valence-corrected chi connectivity index (χ3v) is 20.4. The molecule has 0 unspecified atom stereocenters. The van der Waals surface area contributed by atoms with Crippen molar-refractivity contribution in [3.63, 3.8) is 0 Å². The summed E-state index contributed by atoms with van der Waals surface area (Å²) in [4.78, 5) is 62.1. The minimum absolute atomic E-state index is 0.00725. The zero-order valence-electron chi connectivity index (χ0n) is 91.8. The molecule has 0 fully saturated rings. The van der Waals surface area contributed by atoms with Crippen LogP contribution in [-0.4, -0.2) is 192 Å². The molecule has 8 N–H and O–H groups in total. The maximum Gasteiger partial charge on any atom is 0.316 e. The van der Waals surface area contributed by atoms with Crippen LogP contribution >= 0.6 is 63.7 Å². The summed E-state index contributed by atoms with van der Waals surface area (Å²) < 4.78 is 353. The molecule has 0 atom stereocenters. The van der Waals surface area contributed by atoms with Crippen LogP contribution < -0.4 is 75.7 Å². The Hall–Kier alpha value is -11.3. The zero-order valence-corrected chi connectivity index (χ0v) is 77.4. The molecule has 0 amide bonds. The summed E-state index contributed by atoms with van der Waals surface area (Å²) >= 11 is 13.2. The van der Waals surface area contributed by atoms with Gasteiger partial charge in [-0.1, -0.05) is 140 Å². The molecule has 48 heteroatoms. The number of ether oxygens (including phenoxy) is 8. The van der Waals surface area contributed by atoms with Gasteiger partial charge in [0, 0.05) is 107 Å². The highest BCUT2D eigenvalue weighted by Gasteiger charge is 2.26. The van der Waals surface area contributed by atoms with Gasteiger partial charge in [-0.05, 0) is 146 Å². The lowest BCUT2D eigenvalue weighted by atomic mass is 10.1. The van der Waals surface area contributed by atoms with Gasteiger partial charge in [0.15, 0.2) is 23.3 Å². The van der Waals surface area contributed by atoms with Crippen LogP contribution in [-0.2, 0) is 40.8 Å². The van der Waals surface area contributed by atoms with Gasteiger partial charge in [-0.2, -0.15) is 52.6 Å². The van der Waals surface area contributed by atoms with Crippen LogP contribution in [0.25, 0.3) is 44.5 Å². The van der Waals surface area contributed by atoms with Gasteiger partial charge < -0.3 is 37.9 Å². The minimum atomic E-state index is -4.83. The van der Waals surface area contributed by atoms with E-state index in [0.717, 1.165) is 49.2 Å². The van der Waals surface area contributed by atoms with Crippen molar-refractivity contribution in [2.45, 2.75) is 81.0 Å². The quantitative estimate of drug-likeness (QED) is 0.0176. The first-order valence-electron chi connectivity index (χ1n) is 48.4. The van der Waals surface area contributed by atoms with E-state index in [1.54, 1.807) is 117 Å². The molecule has 12 rings (SSSR count). The average Bonchev–Trinajstić information content (AvgIpc) is 0.771. The van der Waals surface area contributed by atoms with E-state index in [1.165, 1.54) is 80.8 Å². The molecule has 40 nitrogen and oxygen atoms in total. The monoisotopic (exact) mass is 2110 g/mol. The standard InChI is InChI=1S/4C20H23BrN6O4S/c4*1-3-8-26-32(28,29)27-18-17(15-4-6-16(21)7-5-15)19(25-13-24-18)30-9-10-31-20-22-11-14(2)12-23-20/h4*4-7,11-13,26H,3,8-10H2,1-2H3,(H,24,25,27)/i3D2,8D2,9D2,10D2;8D2,9D2,10D2;3D2,8D2,10D2;9D2,10D2. The number of nitrogens with zero attached hydrogens (tertiary/aromatic N) is 16. The van der Waals surface area contributed by atoms with Crippen molar-refractivity contribution in [3.8, 4) is 92.1 Å². The van der Waals surface area contributed by atoms with Gasteiger partial charge in [0.25, 0.3) is 40.8 Å². The second-order valence-electron chi connectivity index (χ2n) is 24.5. The summed E-state index contributed by atoms with van der Waals surface area (Å²) in [5.41, 5.74) is 3.61. The predicted octanol–water partition coefficient (Wildman–Crippen LogP) is 12.5. The molecular weight excluding hydrogens is 2000 g/mol. The van der Waals surface area contributed by atoms with E-state index in [-0.39, 0.29) is 75.7 Å². The molecule has 128 heavy (non-hydrogen) atoms. The molecule has 0 radical (unpaired) electrons. The number of anilines is 4. The zero-order chi connectivity index (χ0) is 113. The van der Waals surface area contributed by atoms with E-state index in [1.807, 2.05) is 9.44 Å². The van der Waals surface area contributed by atoms with Crippen LogP contribution in [0, 0.1) is 27.7 Å². The van der Waals surface area contributed by atoms with Crippen molar-refractivity contribution < 1.29 is 104 Å². The van der Waals surface area contributed by atoms with Crippen molar-refractivity contribution in [1.82, 2.24) is 98.6 Å². The highest BCUT2D eigenvalue weighted by Crippen LogP contribution is 2.39. The van der Waals surface area contributed by atoms with E-state index >= 15 is 0 Å². The van der Waals surface area contributed by atoms with Crippen LogP contribution in [0.3, 0.4) is 0 Å². The third kappa shape index (κ3) is 34.0. The first kappa shape index (κ1) is 70.6. The number of aryl methyl sites for hydroxylation is 4. The Morgan fingerprint density at radius 3 is 0.773 bits per heavy atom. The maximum absolute atomic E-state index is 12.8. The molecule has 0 aliphatic rings. The summed E-state index contributed by atoms with van der Waals surface area (Å²) in [5, 5.41) is 0. The Morgan fingerprint density at radius 1 is 0.289 bits per heavy atom. The van der Waals surface area contributed by atoms with E-state index in [2.05, 4.69) is 162 Å². The molecule has 8 aromatic heterocycles. The molecular formula is C80H92Br4N24O16S4. The minimum Gasteiger partial charge on any atom is -0.473 e. The average molecular weight is 2120 g/mol. The smallest absolute Gasteiger partial charge is 0.316 e. The Balaban J connectivity index is 0.000000225. The first-order valence-corrected chi connectivity index (χ1v) is 45.5. The summed E-state index contributed by atoms with van der Waals surface area (Å²) in [5.74, 6) is -3.20. The van der Waals surface area contributed by atoms with E-state index in [0.29, 0.717) is 47.7 Å². The van der Waals surface area contributed by atoms with Crippen molar-refractivity contribution >= 4 is 128 Å². The largest absolute Gasteiger partial charge is 0.473 e. The van der Waals surface area contributed by atoms with Gasteiger partial charge in [0.05, 0.1) is 41.4 Å². The van der Waals surface area contributed by atoms with Crippen LogP contribution in [0.2, 0.25) is 0 Å². The molecule has 0 aliphatic heterocycles. The fraction of sp³-hybridized carbons (Fsp3) is 0.300. The van der Waals surface area contributed by atoms with Crippen molar-refractivity contribution in [3.05, 3.63) is 212 Å². The lowest BCUT2D eigenvalue weighted by molar-refractivity contribution is 0.202. The molecule has 680 valence electrons. The highest BCUT2D eigenvalue weighted by atomic mass is 79.9. The molecule has 0 spiro atoms. The fourth-order valence-corrected chi connectivity index (χ4v) is 13.4. The topological polar surface area (TPSA) is 513 Å². The van der Waals surface area contributed by atoms with Gasteiger partial charge in [-0.3, -0.25) is 18.9 Å². The van der Waals surface area contributed by atoms with Crippen LogP contribution in [0.5, 0.6) is 47.6 Å². The normalized spacial score (nSPS) is 15.3. The van der Waals surface area contributed by atoms with Crippen molar-refractivity contribution in [2.75, 3.05) is 97.4 Å². The Labute approximate surface area is 808 Å². The summed E-state index contributed by atoms with van der Waals surface area (Å²) in [7, 11) is -18.1. The number of nitrogens with one attached hydrogen (secondary N) is 8. The molecule has 0 saturated heterocycles. The molecule has 8 heterocycles. The predicted molar refractivity (Wildman–Crippen MR) is 495 cm³/mol. The van der Waals surface area contributed by atoms with Gasteiger partial charge in [0.1, 0.15) is 77.8 Å². The first-order chi connectivity index (χ1) is 70.1. The van der Waals surface area contributed by atoms with Crippen molar-refractivity contribution in [1.29, 1.82) is 0 Å². The summed E-state index contributed by atoms with van der Waals surface area (Å²) in [6.07, 6.45) is 9.90. The van der Waals surface area contributed by atoms with E-state index in [9.17, 15) is 33.7 Å². The molecule has 0 bridgehead atoms. The Bertz CT molecular complexity index is 7220. The number of aromatic nitrogens is 16. The third-order valence-electron chi connectivity index (χ3n) is 14.7. The highest BCUT2D eigenvalue weighted by molar-refractivity contribution is 9.11. The van der Waals surface area contributed by atoms with Crippen LogP contribution in [0.15, 0.2) is 190 Å². The summed E-state index contributed by atoms with van der Waals surface area (Å²) in [6.45, 7) is -18.3. The number of halogens is 4. The maximum atomic E-state index is 12.8. The second-order valence-corrected chi connectivity index (χ2v) is 33.9. The molecule has 0 saturated carbocycles. The Kier molecular flexibility index (Phi) is 28.2. The molecule has 0 aliphatic carbocycles. The summed E-state index contributed by atoms with van der Waals surface area (Å²) in [6, 6.07) is 23.9. The fourth-order valence-electron chi connectivity index (χ4n) is 9.23. The van der Waals surface area contributed by atoms with Gasteiger partial charge >= 0.3 is 24.0 Å². The SMILES string of the molecule is [2H]C([2H])(C)C([2H])([2H])NS(=O)(=O)Nc1ncnc(OC([2H])([2H])C([2H])([2H])Oc2ncc(C)cn2)c1-c1ccc(Br)cc1.[2H]C([2H])(CC)NS(=O)(=O)Nc1ncnc(OC([2H])([2H])C([2H])([2H])Oc2ncc(C)cn2)c1-c1ccc(Br)cc1.[2H]C([2H])(COc1ncnc(NS(=O)(=O)NC([2H])([2H])C([2H])([2H])C)c1-c1ccc(Br)cc1)Oc1ncc(C)cn1.[2H]C([2H])(Oc1ncc(C)cn1)C([2H])([2H])Oc1ncnc(NS(=O)(=O)NCCC)c1-c1ccc(Br)cc1. The lowest BCUT2D eigenvalue weighted by Crippen LogP contribution is -2.31. The number of benzene rings is 4. The number of hydrogen-bond donors (Lipinski definition) is 8. The van der Waals surface area contributed by atoms with E-state index < -0.39 is 167 Å². The van der Waals surface area contributed by atoms with Gasteiger partial charge in [-0.15, -0.1) is 0 Å². The number of rotatable bonds is 44. The van der Waals surface area contributed by atoms with Gasteiger partial charge in [-0.25, -0.2) is 79.7 Å². The molecule has 4 aromatic carbocycles. The van der Waals surface area contributed by atoms with Crippen LogP contribution in [0.1, 0.15) is 108 Å². The van der Waals surface area contributed by atoms with Gasteiger partial charge in [0.2, 0.25) is 23.5 Å². The second kappa shape index (κ2) is 51.0. The molecule has 12 aromatic rings. The lowest BCUT2D eigenvalue weighted by Gasteiger charge is -2.15. The van der Waals surface area contributed by atoms with Crippen molar-refractivity contribution in [2.24, 2.45) is 0 Å². The van der Waals surface area contributed by atoms with E-state index in [4.69, 9.17) is 70.8 Å². The Morgan fingerprint density at radius 2 is 0.523 bits per heavy atom.